The highest BCUT2D eigenvalue weighted by molar-refractivity contribution is 5.82. The van der Waals surface area contributed by atoms with Crippen molar-refractivity contribution in [2.24, 2.45) is 17.8 Å². The second-order valence-corrected chi connectivity index (χ2v) is 4.96. The Morgan fingerprint density at radius 2 is 1.73 bits per heavy atom. The largest absolute Gasteiger partial charge is 0.300 e. The fourth-order valence-electron chi connectivity index (χ4n) is 3.15. The smallest absolute Gasteiger partial charge is 0.133 e. The zero-order valence-corrected chi connectivity index (χ0v) is 8.86. The minimum Gasteiger partial charge on any atom is -0.300 e. The topological polar surface area (TPSA) is 17.1 Å². The monoisotopic (exact) mass is 200 g/mol. The quantitative estimate of drug-likeness (QED) is 0.733. The van der Waals surface area contributed by atoms with Crippen molar-refractivity contribution in [3.8, 4) is 0 Å². The normalized spacial score (nSPS) is 32.8. The summed E-state index contributed by atoms with van der Waals surface area (Å²) < 4.78 is 0. The molecule has 0 aliphatic heterocycles. The first-order valence-electron chi connectivity index (χ1n) is 5.90. The minimum absolute atomic E-state index is 0.501. The van der Waals surface area contributed by atoms with E-state index in [0.717, 1.165) is 30.6 Å². The number of aryl methyl sites for hydroxylation is 1. The molecule has 1 nitrogen and oxygen atoms in total. The number of carbonyl (C=O) groups excluding carboxylic acids is 1. The van der Waals surface area contributed by atoms with Gasteiger partial charge in [0, 0.05) is 12.8 Å². The van der Waals surface area contributed by atoms with Crippen molar-refractivity contribution in [2.75, 3.05) is 0 Å². The first kappa shape index (κ1) is 9.14. The Bertz CT molecular complexity index is 354. The molecule has 0 saturated heterocycles. The molecule has 2 aliphatic rings. The molecular weight excluding hydrogens is 184 g/mol. The third-order valence-electron chi connectivity index (χ3n) is 4.04. The van der Waals surface area contributed by atoms with Gasteiger partial charge in [-0.3, -0.25) is 4.79 Å². The van der Waals surface area contributed by atoms with E-state index in [2.05, 4.69) is 30.3 Å². The molecule has 3 rings (SSSR count). The SMILES string of the molecule is O=C1C[C@@H]2[C@H](CCc3ccccc3)[C@@H]2C1. The first-order valence-corrected chi connectivity index (χ1v) is 5.90. The Balaban J connectivity index is 1.51. The molecule has 0 radical (unpaired) electrons. The van der Waals surface area contributed by atoms with Crippen molar-refractivity contribution in [1.82, 2.24) is 0 Å². The summed E-state index contributed by atoms with van der Waals surface area (Å²) in [5, 5.41) is 0. The van der Waals surface area contributed by atoms with Gasteiger partial charge in [0.25, 0.3) is 0 Å². The highest BCUT2D eigenvalue weighted by Crippen LogP contribution is 2.57. The molecule has 3 atom stereocenters. The summed E-state index contributed by atoms with van der Waals surface area (Å²) in [7, 11) is 0. The fraction of sp³-hybridized carbons (Fsp3) is 0.500. The van der Waals surface area contributed by atoms with Crippen LogP contribution >= 0.6 is 0 Å². The van der Waals surface area contributed by atoms with Crippen molar-refractivity contribution in [1.29, 1.82) is 0 Å². The van der Waals surface area contributed by atoms with Crippen LogP contribution in [0.25, 0.3) is 0 Å². The average Bonchev–Trinajstić information content (AvgIpc) is 2.72. The molecule has 1 aromatic carbocycles. The number of carbonyl (C=O) groups is 1. The van der Waals surface area contributed by atoms with E-state index in [1.54, 1.807) is 0 Å². The van der Waals surface area contributed by atoms with Crippen LogP contribution in [0, 0.1) is 17.8 Å². The van der Waals surface area contributed by atoms with Crippen LogP contribution in [0.4, 0.5) is 0 Å². The second kappa shape index (κ2) is 3.48. The highest BCUT2D eigenvalue weighted by atomic mass is 16.1. The Morgan fingerprint density at radius 3 is 2.40 bits per heavy atom. The maximum absolute atomic E-state index is 11.1. The van der Waals surface area contributed by atoms with Gasteiger partial charge in [-0.2, -0.15) is 0 Å². The zero-order chi connectivity index (χ0) is 10.3. The number of benzene rings is 1. The molecule has 0 amide bonds. The van der Waals surface area contributed by atoms with Gasteiger partial charge in [0.1, 0.15) is 5.78 Å². The summed E-state index contributed by atoms with van der Waals surface area (Å²) in [5.41, 5.74) is 1.44. The van der Waals surface area contributed by atoms with Crippen LogP contribution in [-0.2, 0) is 11.2 Å². The maximum atomic E-state index is 11.1. The van der Waals surface area contributed by atoms with Crippen LogP contribution in [0.5, 0.6) is 0 Å². The lowest BCUT2D eigenvalue weighted by molar-refractivity contribution is -0.118. The first-order chi connectivity index (χ1) is 7.34. The summed E-state index contributed by atoms with van der Waals surface area (Å²) in [6.45, 7) is 0. The number of rotatable bonds is 3. The van der Waals surface area contributed by atoms with Crippen LogP contribution in [0.1, 0.15) is 24.8 Å². The zero-order valence-electron chi connectivity index (χ0n) is 8.86. The molecule has 2 aliphatic carbocycles. The van der Waals surface area contributed by atoms with E-state index in [1.807, 2.05) is 0 Å². The molecule has 2 fully saturated rings. The molecule has 2 saturated carbocycles. The number of ketones is 1. The lowest BCUT2D eigenvalue weighted by atomic mass is 10.0. The van der Waals surface area contributed by atoms with Gasteiger partial charge in [-0.25, -0.2) is 0 Å². The van der Waals surface area contributed by atoms with Crippen LogP contribution in [0.15, 0.2) is 30.3 Å². The summed E-state index contributed by atoms with van der Waals surface area (Å²) in [4.78, 5) is 11.1. The van der Waals surface area contributed by atoms with Crippen molar-refractivity contribution in [2.45, 2.75) is 25.7 Å². The summed E-state index contributed by atoms with van der Waals surface area (Å²) in [6, 6.07) is 10.7. The van der Waals surface area contributed by atoms with Crippen molar-refractivity contribution < 1.29 is 4.79 Å². The van der Waals surface area contributed by atoms with Gasteiger partial charge < -0.3 is 0 Å². The van der Waals surface area contributed by atoms with Gasteiger partial charge >= 0.3 is 0 Å². The predicted molar refractivity (Wildman–Crippen MR) is 59.5 cm³/mol. The van der Waals surface area contributed by atoms with Gasteiger partial charge in [-0.15, -0.1) is 0 Å². The highest BCUT2D eigenvalue weighted by Gasteiger charge is 2.54. The third-order valence-corrected chi connectivity index (χ3v) is 4.04. The van der Waals surface area contributed by atoms with Crippen LogP contribution < -0.4 is 0 Å². The van der Waals surface area contributed by atoms with E-state index < -0.39 is 0 Å². The van der Waals surface area contributed by atoms with E-state index in [4.69, 9.17) is 0 Å². The molecule has 78 valence electrons. The standard InChI is InChI=1S/C14H16O/c15-11-8-13-12(14(13)9-11)7-6-10-4-2-1-3-5-10/h1-5,12-14H,6-9H2/t12-,13+,14-. The van der Waals surface area contributed by atoms with Crippen molar-refractivity contribution >= 4 is 5.78 Å². The Kier molecular flexibility index (Phi) is 2.12. The number of fused-ring (bicyclic) bond motifs is 1. The van der Waals surface area contributed by atoms with Gasteiger partial charge in [-0.1, -0.05) is 30.3 Å². The van der Waals surface area contributed by atoms with Gasteiger partial charge in [-0.05, 0) is 36.2 Å². The van der Waals surface area contributed by atoms with Gasteiger partial charge in [0.05, 0.1) is 0 Å². The molecule has 0 unspecified atom stereocenters. The van der Waals surface area contributed by atoms with Crippen LogP contribution in [-0.4, -0.2) is 5.78 Å². The van der Waals surface area contributed by atoms with E-state index in [-0.39, 0.29) is 0 Å². The predicted octanol–water partition coefficient (Wildman–Crippen LogP) is 2.84. The molecule has 1 aromatic rings. The average molecular weight is 200 g/mol. The van der Waals surface area contributed by atoms with Gasteiger partial charge in [0.15, 0.2) is 0 Å². The van der Waals surface area contributed by atoms with Crippen molar-refractivity contribution in [3.05, 3.63) is 35.9 Å². The molecule has 0 aromatic heterocycles. The van der Waals surface area contributed by atoms with E-state index in [1.165, 1.54) is 18.4 Å². The molecule has 0 bridgehead atoms. The number of hydrogen-bond acceptors (Lipinski definition) is 1. The molecule has 1 heteroatoms. The molecule has 0 spiro atoms. The summed E-state index contributed by atoms with van der Waals surface area (Å²) in [5.74, 6) is 2.89. The number of Topliss-reactive ketones (excluding diaryl/α,β-unsaturated/α-hetero) is 1. The molecular formula is C14H16O. The Morgan fingerprint density at radius 1 is 1.07 bits per heavy atom. The van der Waals surface area contributed by atoms with E-state index >= 15 is 0 Å². The minimum atomic E-state index is 0.501. The Hall–Kier alpha value is -1.11. The van der Waals surface area contributed by atoms with Crippen LogP contribution in [0.2, 0.25) is 0 Å². The second-order valence-electron chi connectivity index (χ2n) is 4.96. The Labute approximate surface area is 90.5 Å². The third kappa shape index (κ3) is 1.71. The summed E-state index contributed by atoms with van der Waals surface area (Å²) >= 11 is 0. The molecule has 15 heavy (non-hydrogen) atoms. The maximum Gasteiger partial charge on any atom is 0.133 e. The lowest BCUT2D eigenvalue weighted by Crippen LogP contribution is -1.99. The molecule has 0 heterocycles. The lowest BCUT2D eigenvalue weighted by Gasteiger charge is -2.02. The van der Waals surface area contributed by atoms with Crippen LogP contribution in [0.3, 0.4) is 0 Å². The number of hydrogen-bond donors (Lipinski definition) is 0. The fourth-order valence-corrected chi connectivity index (χ4v) is 3.15. The van der Waals surface area contributed by atoms with E-state index in [9.17, 15) is 4.79 Å². The van der Waals surface area contributed by atoms with E-state index in [0.29, 0.717) is 5.78 Å². The van der Waals surface area contributed by atoms with Crippen molar-refractivity contribution in [3.63, 3.8) is 0 Å². The summed E-state index contributed by atoms with van der Waals surface area (Å²) in [6.07, 6.45) is 4.23. The van der Waals surface area contributed by atoms with Gasteiger partial charge in [0.2, 0.25) is 0 Å². The molecule has 0 N–H and O–H groups in total.